The molecule has 0 aliphatic rings. The van der Waals surface area contributed by atoms with Gasteiger partial charge in [-0.1, -0.05) is 0 Å². The summed E-state index contributed by atoms with van der Waals surface area (Å²) < 4.78 is 17.0. The smallest absolute Gasteiger partial charge is 0.442 e. The highest BCUT2D eigenvalue weighted by molar-refractivity contribution is 7.99. The maximum absolute atomic E-state index is 12.2. The number of hydrogen-bond acceptors (Lipinski definition) is 6. The predicted octanol–water partition coefficient (Wildman–Crippen LogP) is 2.77. The lowest BCUT2D eigenvalue weighted by molar-refractivity contribution is -0.704. The van der Waals surface area contributed by atoms with Gasteiger partial charge in [0.1, 0.15) is 11.5 Å². The Morgan fingerprint density at radius 2 is 1.83 bits per heavy atom. The molecule has 0 saturated heterocycles. The van der Waals surface area contributed by atoms with Crippen LogP contribution < -0.4 is 25.1 Å². The predicted molar refractivity (Wildman–Crippen MR) is 109 cm³/mol. The molecule has 0 bridgehead atoms. The van der Waals surface area contributed by atoms with E-state index in [1.54, 1.807) is 55.6 Å². The molecule has 8 nitrogen and oxygen atoms in total. The number of hydrogen-bond donors (Lipinski definition) is 2. The van der Waals surface area contributed by atoms with Crippen LogP contribution in [0.2, 0.25) is 0 Å². The summed E-state index contributed by atoms with van der Waals surface area (Å²) in [7, 11) is 1.58. The molecule has 2 N–H and O–H groups in total. The number of methoxy groups -OCH3 is 1. The molecule has 1 amide bonds. The van der Waals surface area contributed by atoms with Crippen molar-refractivity contribution in [3.8, 4) is 17.2 Å². The van der Waals surface area contributed by atoms with Gasteiger partial charge in [0.15, 0.2) is 0 Å². The summed E-state index contributed by atoms with van der Waals surface area (Å²) in [5.41, 5.74) is 0.925. The monoisotopic (exact) mass is 416 g/mol. The Balaban J connectivity index is 1.56. The van der Waals surface area contributed by atoms with E-state index in [1.165, 1.54) is 16.4 Å². The fraction of sp³-hybridized carbons (Fsp3) is 0.250. The lowest BCUT2D eigenvalue weighted by Crippen LogP contribution is -2.36. The number of nitrogens with zero attached hydrogens (tertiary/aromatic N) is 1. The summed E-state index contributed by atoms with van der Waals surface area (Å²) in [6.45, 7) is 2.50. The van der Waals surface area contributed by atoms with Gasteiger partial charge in [0.2, 0.25) is 11.6 Å². The Morgan fingerprint density at radius 1 is 1.14 bits per heavy atom. The topological polar surface area (TPSA) is 97.4 Å². The zero-order chi connectivity index (χ0) is 20.6. The summed E-state index contributed by atoms with van der Waals surface area (Å²) in [5.74, 6) is 1.74. The van der Waals surface area contributed by atoms with Crippen molar-refractivity contribution in [1.29, 1.82) is 0 Å². The van der Waals surface area contributed by atoms with Crippen molar-refractivity contribution in [3.63, 3.8) is 0 Å². The lowest BCUT2D eigenvalue weighted by Gasteiger charge is -2.06. The van der Waals surface area contributed by atoms with Gasteiger partial charge in [0, 0.05) is 30.0 Å². The molecular weight excluding hydrogens is 394 g/mol. The average Bonchev–Trinajstić information content (AvgIpc) is 3.10. The van der Waals surface area contributed by atoms with E-state index in [1.807, 2.05) is 6.92 Å². The minimum Gasteiger partial charge on any atom is -0.497 e. The van der Waals surface area contributed by atoms with Crippen LogP contribution in [0.15, 0.2) is 62.9 Å². The maximum atomic E-state index is 12.2. The Hall–Kier alpha value is -3.20. The van der Waals surface area contributed by atoms with Crippen LogP contribution in [0.1, 0.15) is 13.3 Å². The Bertz CT molecular complexity index is 996. The van der Waals surface area contributed by atoms with E-state index >= 15 is 0 Å². The summed E-state index contributed by atoms with van der Waals surface area (Å²) in [6.07, 6.45) is 0.241. The third kappa shape index (κ3) is 5.41. The van der Waals surface area contributed by atoms with E-state index in [-0.39, 0.29) is 12.3 Å². The van der Waals surface area contributed by atoms with Crippen LogP contribution in [0.4, 0.5) is 5.69 Å². The molecule has 1 aromatic heterocycles. The van der Waals surface area contributed by atoms with E-state index < -0.39 is 5.63 Å². The summed E-state index contributed by atoms with van der Waals surface area (Å²) in [4.78, 5) is 24.2. The van der Waals surface area contributed by atoms with Gasteiger partial charge in [-0.25, -0.2) is 4.79 Å². The summed E-state index contributed by atoms with van der Waals surface area (Å²) in [5, 5.41) is 5.77. The molecule has 0 fully saturated rings. The first-order chi connectivity index (χ1) is 14.1. The third-order valence-corrected chi connectivity index (χ3v) is 4.99. The van der Waals surface area contributed by atoms with Crippen molar-refractivity contribution in [2.75, 3.05) is 24.8 Å². The zero-order valence-electron chi connectivity index (χ0n) is 16.1. The SMILES string of the molecule is CCOc1ccc(NC(=O)CCSc2c(=O)o[nH][n+]2-c2ccc(OC)cc2)cc1. The molecule has 152 valence electrons. The second kappa shape index (κ2) is 9.83. The fourth-order valence-corrected chi connectivity index (χ4v) is 3.47. The van der Waals surface area contributed by atoms with Gasteiger partial charge in [0.05, 0.1) is 13.7 Å². The highest BCUT2D eigenvalue weighted by Crippen LogP contribution is 2.17. The second-order valence-corrected chi connectivity index (χ2v) is 7.01. The van der Waals surface area contributed by atoms with Crippen LogP contribution >= 0.6 is 11.8 Å². The number of ether oxygens (including phenoxy) is 2. The molecule has 0 aliphatic heterocycles. The van der Waals surface area contributed by atoms with Gasteiger partial charge in [-0.15, -0.1) is 0 Å². The van der Waals surface area contributed by atoms with Crippen molar-refractivity contribution in [2.24, 2.45) is 0 Å². The Kier molecular flexibility index (Phi) is 6.96. The van der Waals surface area contributed by atoms with Crippen LogP contribution in [-0.4, -0.2) is 30.6 Å². The van der Waals surface area contributed by atoms with E-state index in [4.69, 9.17) is 14.0 Å². The first-order valence-corrected chi connectivity index (χ1v) is 10.0. The van der Waals surface area contributed by atoms with Gasteiger partial charge in [-0.2, -0.15) is 0 Å². The number of aromatic amines is 1. The second-order valence-electron chi connectivity index (χ2n) is 5.92. The number of carbonyl (C=O) groups is 1. The van der Waals surface area contributed by atoms with Crippen molar-refractivity contribution in [2.45, 2.75) is 18.4 Å². The number of thioether (sulfide) groups is 1. The molecular formula is C20H22N3O5S+. The van der Waals surface area contributed by atoms with Gasteiger partial charge in [0.25, 0.3) is 0 Å². The lowest BCUT2D eigenvalue weighted by atomic mass is 10.3. The first kappa shape index (κ1) is 20.5. The first-order valence-electron chi connectivity index (χ1n) is 9.04. The molecule has 9 heteroatoms. The third-order valence-electron chi connectivity index (χ3n) is 3.95. The Morgan fingerprint density at radius 3 is 2.48 bits per heavy atom. The minimum atomic E-state index is -0.488. The maximum Gasteiger partial charge on any atom is 0.442 e. The number of carbonyl (C=O) groups excluding carboxylic acids is 1. The highest BCUT2D eigenvalue weighted by Gasteiger charge is 2.24. The summed E-state index contributed by atoms with van der Waals surface area (Å²) >= 11 is 1.25. The normalized spacial score (nSPS) is 10.6. The largest absolute Gasteiger partial charge is 0.497 e. The molecule has 1 heterocycles. The molecule has 3 aromatic rings. The van der Waals surface area contributed by atoms with Crippen molar-refractivity contribution in [3.05, 3.63) is 59.0 Å². The molecule has 0 unspecified atom stereocenters. The molecule has 0 spiro atoms. The van der Waals surface area contributed by atoms with Crippen molar-refractivity contribution < 1.29 is 23.5 Å². The molecule has 2 aromatic carbocycles. The quantitative estimate of drug-likeness (QED) is 0.411. The average molecular weight is 416 g/mol. The standard InChI is InChI=1S/C20H21N3O5S/c1-3-27-17-8-4-14(5-9-17)21-18(24)12-13-29-19-20(25)28-22-23(19)15-6-10-16(26-2)11-7-15/h4-11H,3,12-13H2,1-2H3,(H-,21,22,24,25)/p+1. The van der Waals surface area contributed by atoms with Crippen LogP contribution in [0, 0.1) is 0 Å². The summed E-state index contributed by atoms with van der Waals surface area (Å²) in [6, 6.07) is 14.3. The van der Waals surface area contributed by atoms with Crippen LogP contribution in [0.25, 0.3) is 5.69 Å². The van der Waals surface area contributed by atoms with E-state index in [2.05, 4.69) is 10.6 Å². The van der Waals surface area contributed by atoms with E-state index in [0.29, 0.717) is 28.8 Å². The molecule has 0 aliphatic carbocycles. The molecule has 29 heavy (non-hydrogen) atoms. The van der Waals surface area contributed by atoms with Crippen molar-refractivity contribution >= 4 is 23.4 Å². The minimum absolute atomic E-state index is 0.141. The molecule has 3 rings (SSSR count). The van der Waals surface area contributed by atoms with Crippen LogP contribution in [0.3, 0.4) is 0 Å². The molecule has 0 saturated carbocycles. The van der Waals surface area contributed by atoms with Gasteiger partial charge in [-0.3, -0.25) is 9.32 Å². The zero-order valence-corrected chi connectivity index (χ0v) is 17.0. The van der Waals surface area contributed by atoms with Gasteiger partial charge >= 0.3 is 10.7 Å². The van der Waals surface area contributed by atoms with Gasteiger partial charge in [-0.05, 0) is 65.0 Å². The number of H-pyrrole nitrogens is 1. The number of aromatic nitrogens is 2. The number of rotatable bonds is 9. The van der Waals surface area contributed by atoms with Crippen LogP contribution in [-0.2, 0) is 4.79 Å². The Labute approximate surface area is 171 Å². The number of amides is 1. The number of anilines is 1. The molecule has 0 radical (unpaired) electrons. The van der Waals surface area contributed by atoms with Crippen LogP contribution in [0.5, 0.6) is 11.5 Å². The number of nitrogens with one attached hydrogen (secondary N) is 2. The number of benzene rings is 2. The van der Waals surface area contributed by atoms with Crippen molar-refractivity contribution in [1.82, 2.24) is 5.27 Å². The molecule has 0 atom stereocenters. The van der Waals surface area contributed by atoms with Gasteiger partial charge < -0.3 is 14.8 Å². The van der Waals surface area contributed by atoms with E-state index in [0.717, 1.165) is 11.4 Å². The highest BCUT2D eigenvalue weighted by atomic mass is 32.2. The van der Waals surface area contributed by atoms with E-state index in [9.17, 15) is 9.59 Å². The fourth-order valence-electron chi connectivity index (χ4n) is 2.55.